The number of hydrogen-bond acceptors (Lipinski definition) is 15. The van der Waals surface area contributed by atoms with Crippen molar-refractivity contribution in [2.24, 2.45) is 0 Å². The third kappa shape index (κ3) is 10.3. The Morgan fingerprint density at radius 1 is 0.896 bits per heavy atom. The smallest absolute Gasteiger partial charge is 0.408 e. The van der Waals surface area contributed by atoms with Crippen LogP contribution in [0.5, 0.6) is 23.3 Å². The Labute approximate surface area is 442 Å². The summed E-state index contributed by atoms with van der Waals surface area (Å²) < 4.78 is 71.3. The summed E-state index contributed by atoms with van der Waals surface area (Å²) in [6.07, 6.45) is 0.00548. The van der Waals surface area contributed by atoms with E-state index in [-0.39, 0.29) is 58.1 Å². The van der Waals surface area contributed by atoms with Crippen LogP contribution in [-0.4, -0.2) is 163 Å². The van der Waals surface area contributed by atoms with Crippen molar-refractivity contribution in [1.29, 1.82) is 0 Å². The van der Waals surface area contributed by atoms with Crippen LogP contribution in [0.2, 0.25) is 0 Å². The van der Waals surface area contributed by atoms with Crippen LogP contribution in [0.3, 0.4) is 0 Å². The van der Waals surface area contributed by atoms with Crippen molar-refractivity contribution in [3.05, 3.63) is 102 Å². The number of phenols is 2. The molecule has 0 radical (unpaired) electrons. The molecule has 4 aliphatic rings. The number of carbonyl (C=O) groups is 1. The van der Waals surface area contributed by atoms with Crippen molar-refractivity contribution in [2.45, 2.75) is 88.9 Å². The van der Waals surface area contributed by atoms with Gasteiger partial charge in [-0.25, -0.2) is 4.39 Å². The fraction of sp³-hybridized carbons (Fsp3) is 0.429. The number of pyridine rings is 1. The van der Waals surface area contributed by atoms with Gasteiger partial charge in [-0.15, -0.1) is 10.2 Å². The van der Waals surface area contributed by atoms with Gasteiger partial charge in [0.15, 0.2) is 11.6 Å². The lowest BCUT2D eigenvalue weighted by Gasteiger charge is -2.38. The number of nitrogens with one attached hydrogen (secondary N) is 2. The lowest BCUT2D eigenvalue weighted by molar-refractivity contribution is -0.149. The lowest BCUT2D eigenvalue weighted by atomic mass is 9.98. The topological polar surface area (TPSA) is 182 Å². The van der Waals surface area contributed by atoms with Crippen molar-refractivity contribution in [2.75, 3.05) is 71.5 Å². The van der Waals surface area contributed by atoms with E-state index in [0.29, 0.717) is 59.0 Å². The van der Waals surface area contributed by atoms with E-state index in [1.165, 1.54) is 16.7 Å². The van der Waals surface area contributed by atoms with Crippen molar-refractivity contribution in [1.82, 2.24) is 55.0 Å². The number of fused-ring (bicyclic) bond motifs is 4. The molecule has 0 saturated carbocycles. The molecule has 77 heavy (non-hydrogen) atoms. The number of hydrogen-bond donors (Lipinski definition) is 4. The standard InChI is InChI=1S/C56H62F4N12O5/c1-31(2)41-23-42(45(74)24-44(41)73)52-66-67-53(54(75)62-32(3)56(58,59)60)72(52)37-16-12-33(13-17-37)26-69-18-20-70(21-19-69)38-22-39(68(4)29-38)30-77-55-64-50-43(51(65-55)71-27-35-14-15-36(28-71)63-35)25-61-49(48(50)57)40-10-6-8-34-9-7-11-46(76-5)47(34)40/h6-13,16-17,23-25,31-32,35-36,38-39,63,73-74H,14-15,18-22,26-30H2,1-5H3,(H,62,75)/t32?,35?,36?,38-,39-/m0/s1. The van der Waals surface area contributed by atoms with Crippen LogP contribution in [0.4, 0.5) is 23.4 Å². The van der Waals surface area contributed by atoms with Crippen molar-refractivity contribution < 1.29 is 42.0 Å². The molecule has 0 aliphatic carbocycles. The summed E-state index contributed by atoms with van der Waals surface area (Å²) in [5.41, 5.74) is 2.95. The molecule has 21 heteroatoms. The van der Waals surface area contributed by atoms with Gasteiger partial charge in [0.25, 0.3) is 5.91 Å². The fourth-order valence-corrected chi connectivity index (χ4v) is 11.6. The van der Waals surface area contributed by atoms with Gasteiger partial charge in [0.1, 0.15) is 46.9 Å². The van der Waals surface area contributed by atoms with Gasteiger partial charge < -0.3 is 35.2 Å². The van der Waals surface area contributed by atoms with E-state index < -0.39 is 29.8 Å². The summed E-state index contributed by atoms with van der Waals surface area (Å²) >= 11 is 0. The quantitative estimate of drug-likeness (QED) is 0.0779. The number of ether oxygens (including phenoxy) is 2. The number of aromatic hydroxyl groups is 2. The molecule has 4 aliphatic heterocycles. The van der Waals surface area contributed by atoms with Gasteiger partial charge in [0, 0.05) is 105 Å². The van der Waals surface area contributed by atoms with Gasteiger partial charge in [0.05, 0.1) is 18.1 Å². The molecular weight excluding hydrogens is 997 g/mol. The molecule has 4 aromatic carbocycles. The Balaban J connectivity index is 0.766. The fourth-order valence-electron chi connectivity index (χ4n) is 11.6. The summed E-state index contributed by atoms with van der Waals surface area (Å²) in [6.45, 7) is 11.2. The Morgan fingerprint density at radius 2 is 1.62 bits per heavy atom. The van der Waals surface area contributed by atoms with E-state index in [1.807, 2.05) is 67.7 Å². The molecular formula is C56H62F4N12O5. The maximum atomic E-state index is 17.1. The number of benzene rings is 4. The van der Waals surface area contributed by atoms with Crippen LogP contribution in [-0.2, 0) is 6.54 Å². The molecule has 7 heterocycles. The number of likely N-dealkylation sites (N-methyl/N-ethyl adjacent to an activating group) is 1. The van der Waals surface area contributed by atoms with E-state index in [0.717, 1.165) is 88.3 Å². The first-order valence-corrected chi connectivity index (χ1v) is 26.2. The van der Waals surface area contributed by atoms with Crippen LogP contribution in [0.15, 0.2) is 79.0 Å². The Bertz CT molecular complexity index is 3320. The van der Waals surface area contributed by atoms with Gasteiger partial charge in [-0.05, 0) is 79.9 Å². The first-order chi connectivity index (χ1) is 37.0. The van der Waals surface area contributed by atoms with Crippen LogP contribution in [0.25, 0.3) is 50.0 Å². The van der Waals surface area contributed by atoms with Crippen molar-refractivity contribution >= 4 is 33.4 Å². The molecule has 0 spiro atoms. The normalized spacial score (nSPS) is 20.9. The van der Waals surface area contributed by atoms with Crippen LogP contribution >= 0.6 is 0 Å². The monoisotopic (exact) mass is 1060 g/mol. The third-order valence-electron chi connectivity index (χ3n) is 15.8. The number of alkyl halides is 3. The summed E-state index contributed by atoms with van der Waals surface area (Å²) in [4.78, 5) is 37.3. The largest absolute Gasteiger partial charge is 0.508 e. The summed E-state index contributed by atoms with van der Waals surface area (Å²) in [6, 6.07) is 20.4. The molecule has 17 nitrogen and oxygen atoms in total. The zero-order chi connectivity index (χ0) is 53.9. The van der Waals surface area contributed by atoms with Crippen molar-refractivity contribution in [3.63, 3.8) is 0 Å². The molecule has 4 N–H and O–H groups in total. The highest BCUT2D eigenvalue weighted by molar-refractivity contribution is 6.02. The summed E-state index contributed by atoms with van der Waals surface area (Å²) in [5.74, 6) is -1.41. The Hall–Kier alpha value is -7.20. The molecule has 1 amide bonds. The number of halogens is 4. The van der Waals surface area contributed by atoms with Gasteiger partial charge in [-0.3, -0.25) is 29.0 Å². The van der Waals surface area contributed by atoms with E-state index in [4.69, 9.17) is 24.4 Å². The van der Waals surface area contributed by atoms with Crippen LogP contribution in [0.1, 0.15) is 67.7 Å². The maximum absolute atomic E-state index is 17.1. The first kappa shape index (κ1) is 51.9. The molecule has 404 valence electrons. The number of carbonyl (C=O) groups excluding carboxylic acids is 1. The van der Waals surface area contributed by atoms with E-state index >= 15 is 4.39 Å². The second-order valence-corrected chi connectivity index (χ2v) is 21.2. The zero-order valence-electron chi connectivity index (χ0n) is 43.6. The first-order valence-electron chi connectivity index (χ1n) is 26.2. The summed E-state index contributed by atoms with van der Waals surface area (Å²) in [7, 11) is 3.71. The maximum Gasteiger partial charge on any atom is 0.408 e. The number of piperazine rings is 2. The zero-order valence-corrected chi connectivity index (χ0v) is 43.6. The van der Waals surface area contributed by atoms with Crippen LogP contribution in [0, 0.1) is 5.82 Å². The second-order valence-electron chi connectivity index (χ2n) is 21.2. The number of rotatable bonds is 14. The van der Waals surface area contributed by atoms with Crippen LogP contribution < -0.4 is 25.0 Å². The number of phenolic OH excluding ortho intramolecular Hbond substituents is 2. The van der Waals surface area contributed by atoms with E-state index in [9.17, 15) is 28.2 Å². The summed E-state index contributed by atoms with van der Waals surface area (Å²) in [5, 5.41) is 37.5. The molecule has 5 atom stereocenters. The molecule has 4 fully saturated rings. The lowest BCUT2D eigenvalue weighted by Crippen LogP contribution is -2.51. The Kier molecular flexibility index (Phi) is 14.1. The molecule has 7 aromatic rings. The van der Waals surface area contributed by atoms with Gasteiger partial charge in [0.2, 0.25) is 5.82 Å². The Morgan fingerprint density at radius 3 is 2.32 bits per heavy atom. The van der Waals surface area contributed by atoms with Gasteiger partial charge in [-0.1, -0.05) is 56.3 Å². The molecule has 3 unspecified atom stereocenters. The minimum Gasteiger partial charge on any atom is -0.508 e. The van der Waals surface area contributed by atoms with Gasteiger partial charge >= 0.3 is 12.2 Å². The number of methoxy groups -OCH3 is 1. The number of aromatic nitrogens is 6. The molecule has 4 saturated heterocycles. The number of likely N-dealkylation sites (tertiary alicyclic amines) is 1. The predicted octanol–water partition coefficient (Wildman–Crippen LogP) is 7.67. The van der Waals surface area contributed by atoms with E-state index in [2.05, 4.69) is 42.2 Å². The molecule has 3 aromatic heterocycles. The average molecular weight is 1060 g/mol. The number of anilines is 1. The third-order valence-corrected chi connectivity index (χ3v) is 15.8. The van der Waals surface area contributed by atoms with Gasteiger partial charge in [-0.2, -0.15) is 23.1 Å². The molecule has 11 rings (SSSR count). The number of nitrogens with zero attached hydrogens (tertiary/aromatic N) is 10. The highest BCUT2D eigenvalue weighted by atomic mass is 19.4. The minimum absolute atomic E-state index is 0.0135. The highest BCUT2D eigenvalue weighted by Gasteiger charge is 2.40. The average Bonchev–Trinajstić information content (AvgIpc) is 4.13. The predicted molar refractivity (Wildman–Crippen MR) is 283 cm³/mol. The highest BCUT2D eigenvalue weighted by Crippen LogP contribution is 2.41. The minimum atomic E-state index is -4.70. The SMILES string of the molecule is COc1cccc2cccc(-c3ncc4c(N5CC6CCC(C5)N6)nc(OC[C@@H]5C[C@H](N6CCN(Cc7ccc(-n8c(C(=O)NC(C)C(F)(F)F)nnc8-c8cc(C(C)C)c(O)cc8O)cc7)CC6)CN5C)nc4c3F)c12. The van der Waals surface area contributed by atoms with Crippen molar-refractivity contribution in [3.8, 4) is 51.6 Å². The second kappa shape index (κ2) is 21.0. The molecule has 2 bridgehead atoms. The van der Waals surface area contributed by atoms with E-state index in [1.54, 1.807) is 25.4 Å². The number of amides is 1.